The Kier molecular flexibility index (Phi) is 6.20. The Hall–Kier alpha value is -3.30. The first-order chi connectivity index (χ1) is 15.4. The minimum atomic E-state index is -0.706. The highest BCUT2D eigenvalue weighted by Crippen LogP contribution is 2.31. The van der Waals surface area contributed by atoms with Crippen LogP contribution in [0.1, 0.15) is 37.3 Å². The number of hydrogen-bond donors (Lipinski definition) is 0. The van der Waals surface area contributed by atoms with Crippen LogP contribution in [0.15, 0.2) is 62.8 Å². The molecule has 0 fully saturated rings. The van der Waals surface area contributed by atoms with Crippen molar-refractivity contribution in [3.05, 3.63) is 83.2 Å². The van der Waals surface area contributed by atoms with Crippen LogP contribution >= 0.6 is 22.7 Å². The highest BCUT2D eigenvalue weighted by Gasteiger charge is 2.33. The summed E-state index contributed by atoms with van der Waals surface area (Å²) in [6.07, 6.45) is 1.83. The third kappa shape index (κ3) is 4.21. The van der Waals surface area contributed by atoms with Gasteiger partial charge in [-0.25, -0.2) is 9.79 Å². The number of thiazole rings is 1. The molecule has 2 aromatic heterocycles. The molecule has 0 aliphatic carbocycles. The van der Waals surface area contributed by atoms with Crippen molar-refractivity contribution in [2.24, 2.45) is 4.99 Å². The van der Waals surface area contributed by atoms with Crippen LogP contribution in [-0.2, 0) is 14.3 Å². The van der Waals surface area contributed by atoms with Gasteiger partial charge in [-0.05, 0) is 49.1 Å². The van der Waals surface area contributed by atoms with E-state index in [0.29, 0.717) is 31.9 Å². The van der Waals surface area contributed by atoms with E-state index in [-0.39, 0.29) is 12.2 Å². The van der Waals surface area contributed by atoms with E-state index in [0.717, 1.165) is 4.88 Å². The van der Waals surface area contributed by atoms with Gasteiger partial charge in [0.05, 0.1) is 28.5 Å². The molecule has 4 rings (SSSR count). The summed E-state index contributed by atoms with van der Waals surface area (Å²) in [5.41, 5.74) is 1.26. The van der Waals surface area contributed by atoms with Crippen molar-refractivity contribution in [3.8, 4) is 5.75 Å². The largest absolute Gasteiger partial charge is 0.463 e. The Labute approximate surface area is 191 Å². The molecule has 7 nitrogen and oxygen atoms in total. The van der Waals surface area contributed by atoms with Gasteiger partial charge in [-0.15, -0.1) is 11.3 Å². The molecular weight excluding hydrogens is 448 g/mol. The molecule has 0 spiro atoms. The van der Waals surface area contributed by atoms with E-state index >= 15 is 0 Å². The van der Waals surface area contributed by atoms with Crippen molar-refractivity contribution in [2.75, 3.05) is 6.61 Å². The number of carbonyl (C=O) groups excluding carboxylic acids is 2. The van der Waals surface area contributed by atoms with Gasteiger partial charge in [-0.3, -0.25) is 14.2 Å². The number of ether oxygens (including phenoxy) is 2. The zero-order valence-electron chi connectivity index (χ0n) is 17.7. The summed E-state index contributed by atoms with van der Waals surface area (Å²) in [5, 5.41) is 1.94. The molecular formula is C23H20N2O5S2. The van der Waals surface area contributed by atoms with E-state index in [1.807, 2.05) is 23.6 Å². The SMILES string of the molecule is CCOC(=O)C1=C(C)N=c2s/c(=C/c3cccs3)c(=O)n2[C@@H]1c1ccc(OC(C)=O)cc1. The highest BCUT2D eigenvalue weighted by atomic mass is 32.1. The van der Waals surface area contributed by atoms with Crippen molar-refractivity contribution in [1.82, 2.24) is 4.57 Å². The van der Waals surface area contributed by atoms with Crippen LogP contribution in [0, 0.1) is 0 Å². The van der Waals surface area contributed by atoms with Gasteiger partial charge < -0.3 is 9.47 Å². The number of carbonyl (C=O) groups is 2. The van der Waals surface area contributed by atoms with Crippen molar-refractivity contribution >= 4 is 40.7 Å². The second-order valence-corrected chi connectivity index (χ2v) is 8.97. The third-order valence-electron chi connectivity index (χ3n) is 4.79. The van der Waals surface area contributed by atoms with Gasteiger partial charge in [0.15, 0.2) is 4.80 Å². The van der Waals surface area contributed by atoms with Crippen LogP contribution in [0.4, 0.5) is 0 Å². The van der Waals surface area contributed by atoms with Crippen LogP contribution in [-0.4, -0.2) is 23.1 Å². The smallest absolute Gasteiger partial charge is 0.338 e. The molecule has 0 saturated heterocycles. The minimum absolute atomic E-state index is 0.205. The zero-order valence-corrected chi connectivity index (χ0v) is 19.3. The fourth-order valence-corrected chi connectivity index (χ4v) is 5.26. The minimum Gasteiger partial charge on any atom is -0.463 e. The van der Waals surface area contributed by atoms with E-state index in [1.54, 1.807) is 38.1 Å². The van der Waals surface area contributed by atoms with Crippen LogP contribution in [0.2, 0.25) is 0 Å². The number of benzene rings is 1. The van der Waals surface area contributed by atoms with Crippen LogP contribution in [0.5, 0.6) is 5.75 Å². The molecule has 0 radical (unpaired) electrons. The Morgan fingerprint density at radius 2 is 1.97 bits per heavy atom. The molecule has 9 heteroatoms. The quantitative estimate of drug-likeness (QED) is 0.425. The van der Waals surface area contributed by atoms with Gasteiger partial charge in [0.2, 0.25) is 0 Å². The summed E-state index contributed by atoms with van der Waals surface area (Å²) in [5.74, 6) is -0.567. The molecule has 0 saturated carbocycles. The van der Waals surface area contributed by atoms with Crippen molar-refractivity contribution in [3.63, 3.8) is 0 Å². The number of aromatic nitrogens is 1. The summed E-state index contributed by atoms with van der Waals surface area (Å²) in [6.45, 7) is 5.00. The summed E-state index contributed by atoms with van der Waals surface area (Å²) in [4.78, 5) is 43.5. The Morgan fingerprint density at radius 3 is 2.59 bits per heavy atom. The van der Waals surface area contributed by atoms with E-state index in [4.69, 9.17) is 9.47 Å². The number of allylic oxidation sites excluding steroid dienone is 1. The highest BCUT2D eigenvalue weighted by molar-refractivity contribution is 7.11. The number of fused-ring (bicyclic) bond motifs is 1. The van der Waals surface area contributed by atoms with E-state index in [2.05, 4.69) is 4.99 Å². The van der Waals surface area contributed by atoms with Gasteiger partial charge >= 0.3 is 11.9 Å². The van der Waals surface area contributed by atoms with Crippen molar-refractivity contribution in [2.45, 2.75) is 26.8 Å². The molecule has 3 aromatic rings. The lowest BCUT2D eigenvalue weighted by molar-refractivity contribution is -0.139. The first-order valence-electron chi connectivity index (χ1n) is 9.90. The molecule has 0 amide bonds. The fraction of sp³-hybridized carbons (Fsp3) is 0.217. The first kappa shape index (κ1) is 21.9. The Morgan fingerprint density at radius 1 is 1.22 bits per heavy atom. The van der Waals surface area contributed by atoms with Gasteiger partial charge in [0, 0.05) is 11.8 Å². The van der Waals surface area contributed by atoms with Gasteiger partial charge in [-0.1, -0.05) is 29.5 Å². The summed E-state index contributed by atoms with van der Waals surface area (Å²) >= 11 is 2.82. The normalized spacial score (nSPS) is 15.8. The fourth-order valence-electron chi connectivity index (χ4n) is 3.49. The van der Waals surface area contributed by atoms with Crippen molar-refractivity contribution < 1.29 is 19.1 Å². The Bertz CT molecular complexity index is 1380. The lowest BCUT2D eigenvalue weighted by atomic mass is 9.96. The predicted octanol–water partition coefficient (Wildman–Crippen LogP) is 2.79. The number of thiophene rings is 1. The van der Waals surface area contributed by atoms with Crippen LogP contribution in [0.25, 0.3) is 6.08 Å². The summed E-state index contributed by atoms with van der Waals surface area (Å²) in [7, 11) is 0. The lowest BCUT2D eigenvalue weighted by Gasteiger charge is -2.24. The molecule has 1 aromatic carbocycles. The average Bonchev–Trinajstić information content (AvgIpc) is 3.36. The molecule has 1 aliphatic heterocycles. The maximum atomic E-state index is 13.4. The molecule has 3 heterocycles. The average molecular weight is 469 g/mol. The van der Waals surface area contributed by atoms with Gasteiger partial charge in [-0.2, -0.15) is 0 Å². The first-order valence-corrected chi connectivity index (χ1v) is 11.6. The molecule has 1 aliphatic rings. The topological polar surface area (TPSA) is 87.0 Å². The monoisotopic (exact) mass is 468 g/mol. The summed E-state index contributed by atoms with van der Waals surface area (Å²) in [6, 6.07) is 9.89. The molecule has 0 N–H and O–H groups in total. The number of hydrogen-bond acceptors (Lipinski definition) is 8. The van der Waals surface area contributed by atoms with Gasteiger partial charge in [0.1, 0.15) is 5.75 Å². The molecule has 164 valence electrons. The zero-order chi connectivity index (χ0) is 22.8. The molecule has 0 bridgehead atoms. The van der Waals surface area contributed by atoms with Crippen molar-refractivity contribution in [1.29, 1.82) is 0 Å². The second-order valence-electron chi connectivity index (χ2n) is 6.98. The molecule has 32 heavy (non-hydrogen) atoms. The Balaban J connectivity index is 1.90. The lowest BCUT2D eigenvalue weighted by Crippen LogP contribution is -2.39. The maximum absolute atomic E-state index is 13.4. The predicted molar refractivity (Wildman–Crippen MR) is 122 cm³/mol. The second kappa shape index (κ2) is 9.05. The maximum Gasteiger partial charge on any atom is 0.338 e. The summed E-state index contributed by atoms with van der Waals surface area (Å²) < 4.78 is 12.5. The number of esters is 2. The standard InChI is InChI=1S/C23H20N2O5S2/c1-4-29-22(28)19-13(2)24-23-25(21(27)18(32-23)12-17-6-5-11-31-17)20(19)15-7-9-16(10-8-15)30-14(3)26/h5-12,20H,4H2,1-3H3/b18-12+/t20-/m1/s1. The van der Waals surface area contributed by atoms with E-state index in [1.165, 1.54) is 34.2 Å². The number of rotatable bonds is 5. The third-order valence-corrected chi connectivity index (χ3v) is 6.59. The van der Waals surface area contributed by atoms with Crippen LogP contribution < -0.4 is 19.6 Å². The number of nitrogens with zero attached hydrogens (tertiary/aromatic N) is 2. The molecule has 1 atom stereocenters. The van der Waals surface area contributed by atoms with E-state index in [9.17, 15) is 14.4 Å². The van der Waals surface area contributed by atoms with E-state index < -0.39 is 18.0 Å². The van der Waals surface area contributed by atoms with Gasteiger partial charge in [0.25, 0.3) is 5.56 Å². The van der Waals surface area contributed by atoms with Crippen LogP contribution in [0.3, 0.4) is 0 Å². The molecule has 0 unspecified atom stereocenters.